The van der Waals surface area contributed by atoms with E-state index in [-0.39, 0.29) is 5.91 Å². The molecule has 0 unspecified atom stereocenters. The summed E-state index contributed by atoms with van der Waals surface area (Å²) in [5.41, 5.74) is 1.26. The van der Waals surface area contributed by atoms with Gasteiger partial charge in [0.05, 0.1) is 24.8 Å². The lowest BCUT2D eigenvalue weighted by Gasteiger charge is -2.17. The lowest BCUT2D eigenvalue weighted by Crippen LogP contribution is -2.27. The highest BCUT2D eigenvalue weighted by atomic mass is 32.2. The molecule has 2 aromatic rings. The first kappa shape index (κ1) is 20.7. The first-order chi connectivity index (χ1) is 13.9. The van der Waals surface area contributed by atoms with E-state index in [1.165, 1.54) is 30.9 Å². The second-order valence-corrected chi connectivity index (χ2v) is 7.46. The van der Waals surface area contributed by atoms with Crippen molar-refractivity contribution in [2.45, 2.75) is 0 Å². The molecule has 0 saturated carbocycles. The molecule has 1 amide bonds. The van der Waals surface area contributed by atoms with Crippen LogP contribution in [0.5, 0.6) is 17.2 Å². The molecule has 7 nitrogen and oxygen atoms in total. The van der Waals surface area contributed by atoms with Crippen LogP contribution < -0.4 is 19.1 Å². The van der Waals surface area contributed by atoms with Crippen molar-refractivity contribution in [3.8, 4) is 17.2 Å². The average molecular weight is 431 g/mol. The highest BCUT2D eigenvalue weighted by Crippen LogP contribution is 2.40. The number of nitrogens with zero attached hydrogens (tertiary/aromatic N) is 1. The van der Waals surface area contributed by atoms with E-state index in [4.69, 9.17) is 31.5 Å². The molecule has 1 saturated heterocycles. The monoisotopic (exact) mass is 431 g/mol. The third kappa shape index (κ3) is 4.52. The first-order valence-corrected chi connectivity index (χ1v) is 9.60. The van der Waals surface area contributed by atoms with Crippen molar-refractivity contribution >= 4 is 51.9 Å². The minimum absolute atomic E-state index is 0.255. The quantitative estimate of drug-likeness (QED) is 0.526. The molecule has 3 rings (SSSR count). The largest absolute Gasteiger partial charge is 0.495 e. The summed E-state index contributed by atoms with van der Waals surface area (Å²) < 4.78 is 16.2. The Balaban J connectivity index is 1.88. The Hall–Kier alpha value is -3.04. The molecule has 0 radical (unpaired) electrons. The molecule has 1 N–H and O–H groups in total. The summed E-state index contributed by atoms with van der Waals surface area (Å²) in [4.78, 5) is 25.5. The van der Waals surface area contributed by atoms with Crippen LogP contribution in [0, 0.1) is 0 Å². The topological polar surface area (TPSA) is 85.3 Å². The lowest BCUT2D eigenvalue weighted by atomic mass is 10.1. The molecule has 0 atom stereocenters. The van der Waals surface area contributed by atoms with Gasteiger partial charge >= 0.3 is 5.97 Å². The molecule has 29 heavy (non-hydrogen) atoms. The lowest BCUT2D eigenvalue weighted by molar-refractivity contribution is -0.139. The predicted octanol–water partition coefficient (Wildman–Crippen LogP) is 3.57. The van der Waals surface area contributed by atoms with E-state index in [1.807, 2.05) is 6.07 Å². The van der Waals surface area contributed by atoms with E-state index in [0.717, 1.165) is 0 Å². The van der Waals surface area contributed by atoms with Gasteiger partial charge in [0.1, 0.15) is 5.75 Å². The predicted molar refractivity (Wildman–Crippen MR) is 115 cm³/mol. The van der Waals surface area contributed by atoms with Crippen LogP contribution in [0.15, 0.2) is 47.4 Å². The van der Waals surface area contributed by atoms with Gasteiger partial charge in [0.15, 0.2) is 22.4 Å². The summed E-state index contributed by atoms with van der Waals surface area (Å²) in [6.45, 7) is -0.479. The van der Waals surface area contributed by atoms with Crippen LogP contribution in [0.2, 0.25) is 0 Å². The maximum Gasteiger partial charge on any atom is 0.341 e. The van der Waals surface area contributed by atoms with Crippen LogP contribution in [0.3, 0.4) is 0 Å². The number of thioether (sulfide) groups is 1. The van der Waals surface area contributed by atoms with E-state index in [0.29, 0.717) is 37.7 Å². The number of benzene rings is 2. The number of anilines is 1. The second kappa shape index (κ2) is 8.97. The zero-order valence-electron chi connectivity index (χ0n) is 15.6. The first-order valence-electron chi connectivity index (χ1n) is 8.38. The number of hydrogen-bond acceptors (Lipinski definition) is 7. The van der Waals surface area contributed by atoms with Crippen LogP contribution in [0.1, 0.15) is 5.56 Å². The highest BCUT2D eigenvalue weighted by Gasteiger charge is 2.34. The van der Waals surface area contributed by atoms with Crippen LogP contribution >= 0.6 is 24.0 Å². The van der Waals surface area contributed by atoms with Crippen molar-refractivity contribution in [2.75, 3.05) is 25.7 Å². The highest BCUT2D eigenvalue weighted by molar-refractivity contribution is 8.27. The van der Waals surface area contributed by atoms with Gasteiger partial charge in [0, 0.05) is 0 Å². The summed E-state index contributed by atoms with van der Waals surface area (Å²) >= 11 is 6.59. The number of ether oxygens (including phenoxy) is 3. The SMILES string of the molecule is COc1cc(/C=C2/SC(=S)N(c3ccccc3OC)C2=O)ccc1OCC(=O)O. The number of carboxylic acids is 1. The van der Waals surface area contributed by atoms with Crippen LogP contribution in [0.25, 0.3) is 6.08 Å². The molecule has 0 aliphatic carbocycles. The Kier molecular flexibility index (Phi) is 6.40. The molecule has 150 valence electrons. The second-order valence-electron chi connectivity index (χ2n) is 5.78. The number of carbonyl (C=O) groups excluding carboxylic acids is 1. The molecule has 1 aliphatic heterocycles. The van der Waals surface area contributed by atoms with Gasteiger partial charge in [-0.1, -0.05) is 42.2 Å². The van der Waals surface area contributed by atoms with Gasteiger partial charge < -0.3 is 19.3 Å². The van der Waals surface area contributed by atoms with Crippen molar-refractivity contribution in [1.29, 1.82) is 0 Å². The third-order valence-electron chi connectivity index (χ3n) is 3.96. The molecule has 1 fully saturated rings. The van der Waals surface area contributed by atoms with Gasteiger partial charge in [0.2, 0.25) is 0 Å². The molecule has 0 spiro atoms. The van der Waals surface area contributed by atoms with E-state index in [9.17, 15) is 9.59 Å². The Morgan fingerprint density at radius 3 is 2.55 bits per heavy atom. The maximum absolute atomic E-state index is 13.0. The normalized spacial score (nSPS) is 15.0. The number of carbonyl (C=O) groups is 2. The summed E-state index contributed by atoms with van der Waals surface area (Å²) in [5.74, 6) is -0.133. The number of para-hydroxylation sites is 2. The molecule has 0 bridgehead atoms. The Morgan fingerprint density at radius 2 is 1.86 bits per heavy atom. The zero-order chi connectivity index (χ0) is 21.0. The van der Waals surface area contributed by atoms with Gasteiger partial charge in [-0.25, -0.2) is 4.79 Å². The maximum atomic E-state index is 13.0. The number of amides is 1. The number of thiocarbonyl (C=S) groups is 1. The van der Waals surface area contributed by atoms with Gasteiger partial charge in [-0.05, 0) is 35.9 Å². The Morgan fingerprint density at radius 1 is 1.14 bits per heavy atom. The molecule has 1 aliphatic rings. The van der Waals surface area contributed by atoms with E-state index < -0.39 is 12.6 Å². The zero-order valence-corrected chi connectivity index (χ0v) is 17.2. The fourth-order valence-electron chi connectivity index (χ4n) is 2.67. The van der Waals surface area contributed by atoms with Crippen molar-refractivity contribution in [3.05, 3.63) is 52.9 Å². The van der Waals surface area contributed by atoms with E-state index in [2.05, 4.69) is 0 Å². The standard InChI is InChI=1S/C20H17NO6S2/c1-25-14-6-4-3-5-13(14)21-19(24)17(29-20(21)28)10-12-7-8-15(16(9-12)26-2)27-11-18(22)23/h3-10H,11H2,1-2H3,(H,22,23)/b17-10+. The van der Waals surface area contributed by atoms with Gasteiger partial charge in [-0.2, -0.15) is 0 Å². The molecular formula is C20H17NO6S2. The summed E-state index contributed by atoms with van der Waals surface area (Å²) in [5, 5.41) is 8.75. The number of methoxy groups -OCH3 is 2. The van der Waals surface area contributed by atoms with Crippen molar-refractivity contribution in [2.24, 2.45) is 0 Å². The summed E-state index contributed by atoms with van der Waals surface area (Å²) in [6.07, 6.45) is 1.69. The number of hydrogen-bond donors (Lipinski definition) is 1. The molecule has 0 aromatic heterocycles. The average Bonchev–Trinajstić information content (AvgIpc) is 2.99. The smallest absolute Gasteiger partial charge is 0.341 e. The fraction of sp³-hybridized carbons (Fsp3) is 0.150. The van der Waals surface area contributed by atoms with Crippen LogP contribution in [-0.4, -0.2) is 42.1 Å². The number of carboxylic acid groups (broad SMARTS) is 1. The summed E-state index contributed by atoms with van der Waals surface area (Å²) in [7, 11) is 2.99. The van der Waals surface area contributed by atoms with Gasteiger partial charge in [0.25, 0.3) is 5.91 Å². The van der Waals surface area contributed by atoms with Crippen molar-refractivity contribution in [3.63, 3.8) is 0 Å². The molecule has 1 heterocycles. The molecule has 9 heteroatoms. The van der Waals surface area contributed by atoms with Gasteiger partial charge in [-0.3, -0.25) is 9.69 Å². The van der Waals surface area contributed by atoms with E-state index >= 15 is 0 Å². The number of aliphatic carboxylic acids is 1. The summed E-state index contributed by atoms with van der Waals surface area (Å²) in [6, 6.07) is 12.1. The van der Waals surface area contributed by atoms with E-state index in [1.54, 1.807) is 42.5 Å². The fourth-order valence-corrected chi connectivity index (χ4v) is 3.96. The third-order valence-corrected chi connectivity index (χ3v) is 5.26. The van der Waals surface area contributed by atoms with Crippen LogP contribution in [-0.2, 0) is 9.59 Å². The minimum atomic E-state index is -1.09. The Bertz CT molecular complexity index is 1000. The minimum Gasteiger partial charge on any atom is -0.495 e. The van der Waals surface area contributed by atoms with Crippen molar-refractivity contribution in [1.82, 2.24) is 0 Å². The number of rotatable bonds is 7. The molecular weight excluding hydrogens is 414 g/mol. The Labute approximate surface area is 176 Å². The molecule has 2 aromatic carbocycles. The van der Waals surface area contributed by atoms with Crippen LogP contribution in [0.4, 0.5) is 5.69 Å². The van der Waals surface area contributed by atoms with Gasteiger partial charge in [-0.15, -0.1) is 0 Å². The van der Waals surface area contributed by atoms with Crippen molar-refractivity contribution < 1.29 is 28.9 Å².